The zero-order valence-electron chi connectivity index (χ0n) is 3.76. The molecule has 1 aromatic heterocycles. The first-order chi connectivity index (χ1) is 3.83. The van der Waals surface area contributed by atoms with E-state index in [1.54, 1.807) is 0 Å². The number of hydrogen-bond acceptors (Lipinski definition) is 3. The lowest BCUT2D eigenvalue weighted by Gasteiger charge is -1.65. The molecule has 0 spiro atoms. The predicted octanol–water partition coefficient (Wildman–Crippen LogP) is 0.271. The number of carbonyl (C=O) groups excluding carboxylic acids is 1. The second-order valence-electron chi connectivity index (χ2n) is 1.10. The Bertz CT molecular complexity index is 196. The first kappa shape index (κ1) is 5.24. The highest BCUT2D eigenvalue weighted by Crippen LogP contribution is 1.94. The summed E-state index contributed by atoms with van der Waals surface area (Å²) in [6, 6.07) is 0. The molecule has 0 aromatic carbocycles. The van der Waals surface area contributed by atoms with Crippen LogP contribution >= 0.6 is 11.6 Å². The highest BCUT2D eigenvalue weighted by Gasteiger charge is 1.94. The molecule has 0 aliphatic rings. The second kappa shape index (κ2) is 1.92. The van der Waals surface area contributed by atoms with Crippen LogP contribution < -0.4 is 0 Å². The number of H-pyrrole nitrogens is 1. The Morgan fingerprint density at radius 1 is 1.75 bits per heavy atom. The standard InChI is InChI=1S/C3H2ClN3O/c4-3-5-2(1-8)6-7-3/h1H,(H,5,6,7). The van der Waals surface area contributed by atoms with Gasteiger partial charge < -0.3 is 0 Å². The molecule has 0 saturated heterocycles. The van der Waals surface area contributed by atoms with Crippen molar-refractivity contribution < 1.29 is 4.79 Å². The molecule has 0 aliphatic heterocycles. The Kier molecular flexibility index (Phi) is 1.26. The summed E-state index contributed by atoms with van der Waals surface area (Å²) in [5.41, 5.74) is 0. The fraction of sp³-hybridized carbons (Fsp3) is 0. The minimum absolute atomic E-state index is 0.0787. The van der Waals surface area contributed by atoms with Crippen molar-refractivity contribution >= 4 is 17.9 Å². The summed E-state index contributed by atoms with van der Waals surface area (Å²) in [4.78, 5) is 13.3. The van der Waals surface area contributed by atoms with E-state index in [2.05, 4.69) is 15.2 Å². The molecule has 8 heavy (non-hydrogen) atoms. The fourth-order valence-corrected chi connectivity index (χ4v) is 0.436. The zero-order chi connectivity index (χ0) is 5.98. The highest BCUT2D eigenvalue weighted by molar-refractivity contribution is 6.28. The maximum atomic E-state index is 9.82. The Labute approximate surface area is 49.9 Å². The Hall–Kier alpha value is -0.900. The van der Waals surface area contributed by atoms with Crippen LogP contribution in [-0.4, -0.2) is 21.5 Å². The lowest BCUT2D eigenvalue weighted by Crippen LogP contribution is -1.79. The SMILES string of the molecule is O=Cc1n[nH]c(Cl)n1. The van der Waals surface area contributed by atoms with Gasteiger partial charge in [0.1, 0.15) is 0 Å². The van der Waals surface area contributed by atoms with Gasteiger partial charge in [-0.3, -0.25) is 4.79 Å². The summed E-state index contributed by atoms with van der Waals surface area (Å²) in [6.07, 6.45) is 0.516. The molecule has 0 amide bonds. The van der Waals surface area contributed by atoms with Gasteiger partial charge in [0, 0.05) is 0 Å². The number of rotatable bonds is 1. The van der Waals surface area contributed by atoms with Crippen LogP contribution in [0.2, 0.25) is 5.28 Å². The Balaban J connectivity index is 3.00. The third kappa shape index (κ3) is 0.840. The van der Waals surface area contributed by atoms with Crippen molar-refractivity contribution in [2.75, 3.05) is 0 Å². The normalized spacial score (nSPS) is 9.12. The van der Waals surface area contributed by atoms with Gasteiger partial charge >= 0.3 is 0 Å². The monoisotopic (exact) mass is 131 g/mol. The van der Waals surface area contributed by atoms with Gasteiger partial charge in [0.05, 0.1) is 0 Å². The van der Waals surface area contributed by atoms with E-state index >= 15 is 0 Å². The van der Waals surface area contributed by atoms with Crippen molar-refractivity contribution in [1.29, 1.82) is 0 Å². The van der Waals surface area contributed by atoms with E-state index in [0.29, 0.717) is 6.29 Å². The topological polar surface area (TPSA) is 58.6 Å². The van der Waals surface area contributed by atoms with Crippen molar-refractivity contribution in [3.8, 4) is 0 Å². The molecule has 0 saturated carbocycles. The molecule has 0 unspecified atom stereocenters. The Morgan fingerprint density at radius 3 is 2.75 bits per heavy atom. The molecule has 0 fully saturated rings. The zero-order valence-corrected chi connectivity index (χ0v) is 4.51. The van der Waals surface area contributed by atoms with E-state index in [1.165, 1.54) is 0 Å². The molecule has 0 radical (unpaired) electrons. The smallest absolute Gasteiger partial charge is 0.218 e. The fourth-order valence-electron chi connectivity index (χ4n) is 0.307. The third-order valence-corrected chi connectivity index (χ3v) is 0.750. The molecule has 4 nitrogen and oxygen atoms in total. The number of aldehydes is 1. The lowest BCUT2D eigenvalue weighted by molar-refractivity contribution is 0.111. The van der Waals surface area contributed by atoms with E-state index in [1.807, 2.05) is 0 Å². The van der Waals surface area contributed by atoms with Gasteiger partial charge in [0.2, 0.25) is 11.1 Å². The maximum absolute atomic E-state index is 9.82. The number of halogens is 1. The van der Waals surface area contributed by atoms with Crippen LogP contribution in [-0.2, 0) is 0 Å². The molecule has 0 bridgehead atoms. The molecule has 0 aliphatic carbocycles. The van der Waals surface area contributed by atoms with Crippen LogP contribution in [0.1, 0.15) is 10.6 Å². The van der Waals surface area contributed by atoms with Gasteiger partial charge in [-0.1, -0.05) is 0 Å². The van der Waals surface area contributed by atoms with Crippen molar-refractivity contribution in [3.63, 3.8) is 0 Å². The molecule has 1 aromatic rings. The first-order valence-corrected chi connectivity index (χ1v) is 2.24. The van der Waals surface area contributed by atoms with Gasteiger partial charge in [-0.25, -0.2) is 5.10 Å². The van der Waals surface area contributed by atoms with E-state index in [-0.39, 0.29) is 11.1 Å². The van der Waals surface area contributed by atoms with Gasteiger partial charge in [-0.05, 0) is 11.6 Å². The number of hydrogen-bond donors (Lipinski definition) is 1. The van der Waals surface area contributed by atoms with Crippen LogP contribution in [0.3, 0.4) is 0 Å². The molecule has 1 heterocycles. The van der Waals surface area contributed by atoms with Gasteiger partial charge in [-0.15, -0.1) is 5.10 Å². The predicted molar refractivity (Wildman–Crippen MR) is 26.8 cm³/mol. The van der Waals surface area contributed by atoms with Crippen molar-refractivity contribution in [2.45, 2.75) is 0 Å². The summed E-state index contributed by atoms with van der Waals surface area (Å²) in [5.74, 6) is 0.0787. The van der Waals surface area contributed by atoms with Gasteiger partial charge in [0.15, 0.2) is 6.29 Å². The summed E-state index contributed by atoms with van der Waals surface area (Å²) in [5, 5.41) is 5.82. The maximum Gasteiger partial charge on any atom is 0.218 e. The molecular formula is C3H2ClN3O. The van der Waals surface area contributed by atoms with Gasteiger partial charge in [0.25, 0.3) is 0 Å². The number of nitrogens with zero attached hydrogens (tertiary/aromatic N) is 2. The highest BCUT2D eigenvalue weighted by atomic mass is 35.5. The van der Waals surface area contributed by atoms with Crippen LogP contribution in [0.5, 0.6) is 0 Å². The third-order valence-electron chi connectivity index (χ3n) is 0.581. The molecule has 1 N–H and O–H groups in total. The molecule has 0 atom stereocenters. The molecule has 42 valence electrons. The van der Waals surface area contributed by atoms with Crippen LogP contribution in [0.25, 0.3) is 0 Å². The summed E-state index contributed by atoms with van der Waals surface area (Å²) in [7, 11) is 0. The lowest BCUT2D eigenvalue weighted by atomic mass is 10.7. The molecular weight excluding hydrogens is 130 g/mol. The van der Waals surface area contributed by atoms with Crippen molar-refractivity contribution in [1.82, 2.24) is 15.2 Å². The van der Waals surface area contributed by atoms with E-state index in [9.17, 15) is 4.79 Å². The van der Waals surface area contributed by atoms with Crippen LogP contribution in [0.4, 0.5) is 0 Å². The average Bonchev–Trinajstić information content (AvgIpc) is 2.14. The summed E-state index contributed by atoms with van der Waals surface area (Å²) < 4.78 is 0. The average molecular weight is 132 g/mol. The first-order valence-electron chi connectivity index (χ1n) is 1.86. The Morgan fingerprint density at radius 2 is 2.50 bits per heavy atom. The largest absolute Gasteiger partial charge is 0.294 e. The number of carbonyl (C=O) groups is 1. The number of nitrogens with one attached hydrogen (secondary N) is 1. The van der Waals surface area contributed by atoms with Gasteiger partial charge in [-0.2, -0.15) is 4.98 Å². The van der Waals surface area contributed by atoms with E-state index < -0.39 is 0 Å². The van der Waals surface area contributed by atoms with Crippen molar-refractivity contribution in [3.05, 3.63) is 11.1 Å². The minimum atomic E-state index is 0.0787. The summed E-state index contributed by atoms with van der Waals surface area (Å²) in [6.45, 7) is 0. The van der Waals surface area contributed by atoms with Crippen LogP contribution in [0.15, 0.2) is 0 Å². The molecule has 1 rings (SSSR count). The molecule has 5 heteroatoms. The quantitative estimate of drug-likeness (QED) is 0.557. The summed E-state index contributed by atoms with van der Waals surface area (Å²) >= 11 is 5.25. The minimum Gasteiger partial charge on any atom is -0.294 e. The number of aromatic amines is 1. The van der Waals surface area contributed by atoms with E-state index in [0.717, 1.165) is 0 Å². The number of aromatic nitrogens is 3. The van der Waals surface area contributed by atoms with Crippen LogP contribution in [0, 0.1) is 0 Å². The van der Waals surface area contributed by atoms with E-state index in [4.69, 9.17) is 11.6 Å². The van der Waals surface area contributed by atoms with Crippen molar-refractivity contribution in [2.24, 2.45) is 0 Å². The second-order valence-corrected chi connectivity index (χ2v) is 1.46.